The smallest absolute Gasteiger partial charge is 0.0755 e. The molecule has 0 radical (unpaired) electrons. The molecule has 2 nitrogen and oxygen atoms in total. The zero-order valence-electron chi connectivity index (χ0n) is 42.8. The molecule has 77 heavy (non-hydrogen) atoms. The van der Waals surface area contributed by atoms with Crippen LogP contribution in [0.25, 0.3) is 71.6 Å². The maximum Gasteiger partial charge on any atom is 0.0755 e. The first-order valence-electron chi connectivity index (χ1n) is 27.2. The van der Waals surface area contributed by atoms with Crippen LogP contribution in [0.1, 0.15) is 69.5 Å². The van der Waals surface area contributed by atoms with Crippen molar-refractivity contribution in [2.45, 2.75) is 30.1 Å². The van der Waals surface area contributed by atoms with Gasteiger partial charge in [-0.1, -0.05) is 232 Å². The third kappa shape index (κ3) is 5.35. The maximum absolute atomic E-state index is 2.57. The standard InChI is InChI=1S/C75H50N2/c1-73(2)61-30-14-11-26-54(61)56-40-37-50(44-66(56)73)76(52-39-42-60-68(46-52)74(48-21-5-3-6-22-48,49-23-7-4-8-24-49)64-43-36-47-20-9-10-25-53(47)71(60)64)51-38-41-57-55-27-12-15-31-62(55)75(67(57)45-51)63-32-16-18-35-70(63)77-69-34-17-13-28-58(69)59-29-19-33-65(75)72(59)77/h3-46H,1-2H3. The van der Waals surface area contributed by atoms with Crippen LogP contribution in [0.5, 0.6) is 0 Å². The number of benzene rings is 12. The van der Waals surface area contributed by atoms with Crippen molar-refractivity contribution >= 4 is 49.6 Å². The fourth-order valence-corrected chi connectivity index (χ4v) is 15.4. The molecule has 1 spiro atoms. The summed E-state index contributed by atoms with van der Waals surface area (Å²) in [7, 11) is 0. The Kier molecular flexibility index (Phi) is 8.51. The van der Waals surface area contributed by atoms with Crippen LogP contribution in [0, 0.1) is 0 Å². The van der Waals surface area contributed by atoms with Crippen LogP contribution in [0.2, 0.25) is 0 Å². The lowest BCUT2D eigenvalue weighted by atomic mass is 9.65. The Morgan fingerprint density at radius 2 is 0.818 bits per heavy atom. The number of hydrogen-bond acceptors (Lipinski definition) is 1. The molecule has 2 heterocycles. The van der Waals surface area contributed by atoms with Crippen LogP contribution in [0.3, 0.4) is 0 Å². The zero-order valence-corrected chi connectivity index (χ0v) is 42.8. The second kappa shape index (κ2) is 15.3. The van der Waals surface area contributed by atoms with Crippen molar-refractivity contribution in [3.8, 4) is 39.1 Å². The highest BCUT2D eigenvalue weighted by molar-refractivity contribution is 6.13. The van der Waals surface area contributed by atoms with Crippen molar-refractivity contribution in [1.82, 2.24) is 4.57 Å². The Bertz CT molecular complexity index is 4630. The van der Waals surface area contributed by atoms with Gasteiger partial charge in [0.15, 0.2) is 0 Å². The first-order chi connectivity index (χ1) is 38.0. The summed E-state index contributed by atoms with van der Waals surface area (Å²) in [6.45, 7) is 4.79. The predicted octanol–water partition coefficient (Wildman–Crippen LogP) is 18.8. The first kappa shape index (κ1) is 42.8. The average Bonchev–Trinajstić information content (AvgIpc) is 3.86. The summed E-state index contributed by atoms with van der Waals surface area (Å²) >= 11 is 0. The summed E-state index contributed by atoms with van der Waals surface area (Å²) in [6.07, 6.45) is 0. The van der Waals surface area contributed by atoms with Crippen molar-refractivity contribution in [2.75, 3.05) is 4.90 Å². The predicted molar refractivity (Wildman–Crippen MR) is 319 cm³/mol. The Balaban J connectivity index is 0.972. The van der Waals surface area contributed by atoms with Gasteiger partial charge in [-0.25, -0.2) is 0 Å². The van der Waals surface area contributed by atoms with Crippen LogP contribution in [-0.2, 0) is 16.2 Å². The first-order valence-corrected chi connectivity index (χ1v) is 27.2. The number of aromatic nitrogens is 1. The number of hydrogen-bond donors (Lipinski definition) is 0. The molecule has 360 valence electrons. The normalized spacial score (nSPS) is 16.2. The van der Waals surface area contributed by atoms with E-state index in [1.807, 2.05) is 0 Å². The van der Waals surface area contributed by atoms with E-state index in [0.29, 0.717) is 0 Å². The summed E-state index contributed by atoms with van der Waals surface area (Å²) in [5.41, 5.74) is 26.5. The zero-order chi connectivity index (χ0) is 50.8. The van der Waals surface area contributed by atoms with E-state index in [1.165, 1.54) is 127 Å². The molecule has 13 aromatic rings. The van der Waals surface area contributed by atoms with Gasteiger partial charge >= 0.3 is 0 Å². The molecule has 17 rings (SSSR count). The second-order valence-corrected chi connectivity index (χ2v) is 22.3. The number of rotatable bonds is 5. The van der Waals surface area contributed by atoms with Crippen molar-refractivity contribution in [3.63, 3.8) is 0 Å². The Hall–Kier alpha value is -9.50. The van der Waals surface area contributed by atoms with Gasteiger partial charge in [0.05, 0.1) is 27.6 Å². The van der Waals surface area contributed by atoms with Gasteiger partial charge in [0.25, 0.3) is 0 Å². The SMILES string of the molecule is CC1(C)c2ccccc2-c2ccc(N(c3ccc4c(c3)C(c3ccccc3)(c3ccccc3)c3ccc5ccccc5c3-4)c3ccc4c(c3)C3(c5ccccc5-4)c4ccccc4-n4c5ccccc5c5cccc3c54)cc21. The molecule has 2 heteroatoms. The summed E-state index contributed by atoms with van der Waals surface area (Å²) < 4.78 is 2.54. The molecule has 12 aromatic carbocycles. The lowest BCUT2D eigenvalue weighted by Crippen LogP contribution is -2.33. The molecule has 0 N–H and O–H groups in total. The van der Waals surface area contributed by atoms with Crippen LogP contribution in [0.15, 0.2) is 267 Å². The van der Waals surface area contributed by atoms with E-state index in [0.717, 1.165) is 17.1 Å². The quantitative estimate of drug-likeness (QED) is 0.167. The lowest BCUT2D eigenvalue weighted by Gasteiger charge is -2.40. The molecular weight excluding hydrogens is 929 g/mol. The van der Waals surface area contributed by atoms with Crippen LogP contribution in [-0.4, -0.2) is 4.57 Å². The minimum absolute atomic E-state index is 0.198. The highest BCUT2D eigenvalue weighted by Gasteiger charge is 2.52. The van der Waals surface area contributed by atoms with E-state index < -0.39 is 10.8 Å². The molecular formula is C75H50N2. The Morgan fingerprint density at radius 1 is 0.312 bits per heavy atom. The molecule has 1 atom stereocenters. The van der Waals surface area contributed by atoms with Gasteiger partial charge in [-0.3, -0.25) is 0 Å². The van der Waals surface area contributed by atoms with Gasteiger partial charge in [-0.15, -0.1) is 0 Å². The van der Waals surface area contributed by atoms with E-state index in [-0.39, 0.29) is 5.41 Å². The second-order valence-electron chi connectivity index (χ2n) is 22.3. The molecule has 0 fully saturated rings. The average molecular weight is 979 g/mol. The highest BCUT2D eigenvalue weighted by Crippen LogP contribution is 2.63. The van der Waals surface area contributed by atoms with E-state index >= 15 is 0 Å². The third-order valence-electron chi connectivity index (χ3n) is 18.4. The van der Waals surface area contributed by atoms with Crippen molar-refractivity contribution < 1.29 is 0 Å². The Labute approximate surface area is 448 Å². The lowest BCUT2D eigenvalue weighted by molar-refractivity contribution is 0.660. The molecule has 1 aromatic heterocycles. The van der Waals surface area contributed by atoms with Crippen LogP contribution >= 0.6 is 0 Å². The number of fused-ring (bicyclic) bond motifs is 20. The molecule has 3 aliphatic carbocycles. The fourth-order valence-electron chi connectivity index (χ4n) is 15.4. The molecule has 1 unspecified atom stereocenters. The topological polar surface area (TPSA) is 8.17 Å². The monoisotopic (exact) mass is 978 g/mol. The van der Waals surface area contributed by atoms with E-state index in [1.54, 1.807) is 0 Å². The largest absolute Gasteiger partial charge is 0.310 e. The van der Waals surface area contributed by atoms with Crippen LogP contribution < -0.4 is 4.90 Å². The number of anilines is 3. The van der Waals surface area contributed by atoms with Gasteiger partial charge in [-0.2, -0.15) is 0 Å². The summed E-state index contributed by atoms with van der Waals surface area (Å²) in [5.74, 6) is 0. The highest BCUT2D eigenvalue weighted by atomic mass is 15.1. The fraction of sp³-hybridized carbons (Fsp3) is 0.0667. The minimum Gasteiger partial charge on any atom is -0.310 e. The molecule has 4 aliphatic rings. The van der Waals surface area contributed by atoms with Gasteiger partial charge < -0.3 is 9.47 Å². The van der Waals surface area contributed by atoms with Gasteiger partial charge in [0.2, 0.25) is 0 Å². The van der Waals surface area contributed by atoms with Crippen molar-refractivity contribution in [2.24, 2.45) is 0 Å². The van der Waals surface area contributed by atoms with Gasteiger partial charge in [0.1, 0.15) is 0 Å². The van der Waals surface area contributed by atoms with E-state index in [9.17, 15) is 0 Å². The molecule has 0 saturated heterocycles. The summed E-state index contributed by atoms with van der Waals surface area (Å²) in [4.78, 5) is 2.57. The maximum atomic E-state index is 2.57. The third-order valence-corrected chi connectivity index (χ3v) is 18.4. The molecule has 0 amide bonds. The van der Waals surface area contributed by atoms with Crippen molar-refractivity contribution in [3.05, 3.63) is 323 Å². The van der Waals surface area contributed by atoms with Crippen LogP contribution in [0.4, 0.5) is 17.1 Å². The van der Waals surface area contributed by atoms with E-state index in [2.05, 4.69) is 290 Å². The number of nitrogens with zero attached hydrogens (tertiary/aromatic N) is 2. The van der Waals surface area contributed by atoms with Crippen molar-refractivity contribution in [1.29, 1.82) is 0 Å². The van der Waals surface area contributed by atoms with Gasteiger partial charge in [0, 0.05) is 33.2 Å². The van der Waals surface area contributed by atoms with E-state index in [4.69, 9.17) is 0 Å². The summed E-state index contributed by atoms with van der Waals surface area (Å²) in [6, 6.07) is 102. The molecule has 1 aliphatic heterocycles. The van der Waals surface area contributed by atoms with Gasteiger partial charge in [-0.05, 0) is 148 Å². The summed E-state index contributed by atoms with van der Waals surface area (Å²) in [5, 5.41) is 5.08. The molecule has 0 saturated carbocycles. The number of para-hydroxylation sites is 3. The molecule has 0 bridgehead atoms. The minimum atomic E-state index is -0.605. The Morgan fingerprint density at radius 3 is 1.55 bits per heavy atom.